The van der Waals surface area contributed by atoms with E-state index in [0.29, 0.717) is 17.7 Å². The predicted molar refractivity (Wildman–Crippen MR) is 70.0 cm³/mol. The molecule has 2 atom stereocenters. The lowest BCUT2D eigenvalue weighted by molar-refractivity contribution is 0.289. The highest BCUT2D eigenvalue weighted by atomic mass is 32.2. The smallest absolute Gasteiger partial charge is 0.233 e. The van der Waals surface area contributed by atoms with Crippen molar-refractivity contribution in [1.82, 2.24) is 10.1 Å². The topological polar surface area (TPSA) is 64.9 Å². The number of thioether (sulfide) groups is 1. The molecule has 0 bridgehead atoms. The van der Waals surface area contributed by atoms with Gasteiger partial charge < -0.3 is 10.3 Å². The van der Waals surface area contributed by atoms with Crippen LogP contribution in [0.15, 0.2) is 4.52 Å². The first-order chi connectivity index (χ1) is 8.19. The number of hydrogen-bond donors (Lipinski definition) is 1. The molecule has 2 N–H and O–H groups in total. The Labute approximate surface area is 107 Å². The Bertz CT molecular complexity index is 356. The summed E-state index contributed by atoms with van der Waals surface area (Å²) in [5.74, 6) is 2.76. The average Bonchev–Trinajstić information content (AvgIpc) is 2.89. The van der Waals surface area contributed by atoms with Gasteiger partial charge in [0, 0.05) is 6.54 Å². The SMILES string of the molecule is CCC(C)(CN)c1nc(C2CCCCS2)no1. The van der Waals surface area contributed by atoms with Gasteiger partial charge in [-0.1, -0.05) is 18.5 Å². The van der Waals surface area contributed by atoms with Gasteiger partial charge in [0.05, 0.1) is 10.7 Å². The molecule has 17 heavy (non-hydrogen) atoms. The maximum Gasteiger partial charge on any atom is 0.233 e. The lowest BCUT2D eigenvalue weighted by atomic mass is 9.88. The maximum atomic E-state index is 5.80. The molecule has 2 rings (SSSR count). The van der Waals surface area contributed by atoms with Crippen LogP contribution in [0.1, 0.15) is 56.5 Å². The van der Waals surface area contributed by atoms with Crippen LogP contribution in [0.4, 0.5) is 0 Å². The lowest BCUT2D eigenvalue weighted by Gasteiger charge is -2.21. The van der Waals surface area contributed by atoms with Gasteiger partial charge in [0.15, 0.2) is 5.82 Å². The van der Waals surface area contributed by atoms with E-state index in [9.17, 15) is 0 Å². The molecule has 0 aliphatic carbocycles. The summed E-state index contributed by atoms with van der Waals surface area (Å²) in [6.45, 7) is 4.73. The Morgan fingerprint density at radius 3 is 2.94 bits per heavy atom. The van der Waals surface area contributed by atoms with Crippen LogP contribution in [-0.4, -0.2) is 22.4 Å². The average molecular weight is 255 g/mol. The number of nitrogens with two attached hydrogens (primary N) is 1. The molecule has 0 spiro atoms. The van der Waals surface area contributed by atoms with Crippen LogP contribution in [0, 0.1) is 0 Å². The number of aromatic nitrogens is 2. The summed E-state index contributed by atoms with van der Waals surface area (Å²) in [6.07, 6.45) is 4.66. The van der Waals surface area contributed by atoms with Crippen molar-refractivity contribution in [2.45, 2.75) is 50.2 Å². The second-order valence-corrected chi connectivity index (χ2v) is 6.24. The predicted octanol–water partition coefficient (Wildman–Crippen LogP) is 2.65. The Hall–Kier alpha value is -0.550. The van der Waals surface area contributed by atoms with Crippen molar-refractivity contribution in [2.24, 2.45) is 5.73 Å². The van der Waals surface area contributed by atoms with Gasteiger partial charge in [-0.15, -0.1) is 0 Å². The number of hydrogen-bond acceptors (Lipinski definition) is 5. The molecule has 2 heterocycles. The molecule has 5 heteroatoms. The molecule has 2 unspecified atom stereocenters. The molecule has 0 saturated carbocycles. The van der Waals surface area contributed by atoms with Crippen molar-refractivity contribution in [1.29, 1.82) is 0 Å². The van der Waals surface area contributed by atoms with E-state index in [1.807, 2.05) is 11.8 Å². The Morgan fingerprint density at radius 2 is 2.35 bits per heavy atom. The van der Waals surface area contributed by atoms with Crippen LogP contribution in [0.25, 0.3) is 0 Å². The monoisotopic (exact) mass is 255 g/mol. The van der Waals surface area contributed by atoms with E-state index in [1.165, 1.54) is 18.6 Å². The van der Waals surface area contributed by atoms with Gasteiger partial charge >= 0.3 is 0 Å². The fourth-order valence-electron chi connectivity index (χ4n) is 1.94. The Balaban J connectivity index is 2.14. The molecule has 1 fully saturated rings. The van der Waals surface area contributed by atoms with E-state index in [-0.39, 0.29) is 5.41 Å². The molecule has 96 valence electrons. The maximum absolute atomic E-state index is 5.80. The van der Waals surface area contributed by atoms with Gasteiger partial charge in [0.25, 0.3) is 0 Å². The van der Waals surface area contributed by atoms with Crippen molar-refractivity contribution < 1.29 is 4.52 Å². The summed E-state index contributed by atoms with van der Waals surface area (Å²) >= 11 is 1.94. The van der Waals surface area contributed by atoms with Crippen LogP contribution in [0.2, 0.25) is 0 Å². The van der Waals surface area contributed by atoms with Crippen LogP contribution in [0.5, 0.6) is 0 Å². The third-order valence-electron chi connectivity index (χ3n) is 3.66. The highest BCUT2D eigenvalue weighted by Crippen LogP contribution is 2.37. The van der Waals surface area contributed by atoms with E-state index in [1.54, 1.807) is 0 Å². The molecule has 1 aliphatic rings. The van der Waals surface area contributed by atoms with E-state index in [2.05, 4.69) is 24.0 Å². The molecular formula is C12H21N3OS. The van der Waals surface area contributed by atoms with Gasteiger partial charge in [-0.2, -0.15) is 16.7 Å². The zero-order valence-electron chi connectivity index (χ0n) is 10.6. The minimum Gasteiger partial charge on any atom is -0.339 e. The van der Waals surface area contributed by atoms with Crippen LogP contribution >= 0.6 is 11.8 Å². The summed E-state index contributed by atoms with van der Waals surface area (Å²) in [7, 11) is 0. The summed E-state index contributed by atoms with van der Waals surface area (Å²) in [6, 6.07) is 0. The molecular weight excluding hydrogens is 234 g/mol. The molecule has 0 amide bonds. The molecule has 1 aromatic rings. The number of rotatable bonds is 4. The minimum absolute atomic E-state index is 0.176. The molecule has 0 radical (unpaired) electrons. The second-order valence-electron chi connectivity index (χ2n) is 4.93. The van der Waals surface area contributed by atoms with Gasteiger partial charge in [-0.3, -0.25) is 0 Å². The first-order valence-electron chi connectivity index (χ1n) is 6.35. The first-order valence-corrected chi connectivity index (χ1v) is 7.40. The van der Waals surface area contributed by atoms with Gasteiger partial charge in [0.2, 0.25) is 5.89 Å². The largest absolute Gasteiger partial charge is 0.339 e. The third-order valence-corrected chi connectivity index (χ3v) is 5.03. The highest BCUT2D eigenvalue weighted by Gasteiger charge is 2.31. The van der Waals surface area contributed by atoms with Crippen molar-refractivity contribution in [2.75, 3.05) is 12.3 Å². The van der Waals surface area contributed by atoms with Gasteiger partial charge in [-0.25, -0.2) is 0 Å². The molecule has 4 nitrogen and oxygen atoms in total. The van der Waals surface area contributed by atoms with Gasteiger partial charge in [0.1, 0.15) is 0 Å². The van der Waals surface area contributed by atoms with Crippen LogP contribution in [0.3, 0.4) is 0 Å². The molecule has 1 saturated heterocycles. The summed E-state index contributed by atoms with van der Waals surface area (Å²) in [4.78, 5) is 4.57. The molecule has 0 aromatic carbocycles. The van der Waals surface area contributed by atoms with E-state index >= 15 is 0 Å². The molecule has 1 aromatic heterocycles. The Kier molecular flexibility index (Phi) is 4.09. The second kappa shape index (κ2) is 5.40. The first kappa shape index (κ1) is 12.9. The van der Waals surface area contributed by atoms with Crippen molar-refractivity contribution in [3.63, 3.8) is 0 Å². The fourth-order valence-corrected chi connectivity index (χ4v) is 3.17. The standard InChI is InChI=1S/C12H21N3OS/c1-3-12(2,8-13)11-14-10(15-16-11)9-6-4-5-7-17-9/h9H,3-8,13H2,1-2H3. The third kappa shape index (κ3) is 2.65. The summed E-state index contributed by atoms with van der Waals surface area (Å²) < 4.78 is 5.41. The quantitative estimate of drug-likeness (QED) is 0.896. The van der Waals surface area contributed by atoms with Gasteiger partial charge in [-0.05, 0) is 31.9 Å². The van der Waals surface area contributed by atoms with E-state index in [4.69, 9.17) is 10.3 Å². The highest BCUT2D eigenvalue weighted by molar-refractivity contribution is 7.99. The van der Waals surface area contributed by atoms with E-state index < -0.39 is 0 Å². The molecule has 1 aliphatic heterocycles. The fraction of sp³-hybridized carbons (Fsp3) is 0.833. The normalized spacial score (nSPS) is 24.5. The minimum atomic E-state index is -0.176. The van der Waals surface area contributed by atoms with Crippen molar-refractivity contribution in [3.8, 4) is 0 Å². The zero-order chi connectivity index (χ0) is 12.3. The van der Waals surface area contributed by atoms with Crippen LogP contribution < -0.4 is 5.73 Å². The lowest BCUT2D eigenvalue weighted by Crippen LogP contribution is -2.31. The number of nitrogens with zero attached hydrogens (tertiary/aromatic N) is 2. The summed E-state index contributed by atoms with van der Waals surface area (Å²) in [5, 5.41) is 4.56. The Morgan fingerprint density at radius 1 is 1.53 bits per heavy atom. The van der Waals surface area contributed by atoms with E-state index in [0.717, 1.165) is 18.7 Å². The zero-order valence-corrected chi connectivity index (χ0v) is 11.4. The summed E-state index contributed by atoms with van der Waals surface area (Å²) in [5.41, 5.74) is 5.63. The van der Waals surface area contributed by atoms with Crippen molar-refractivity contribution >= 4 is 11.8 Å². The van der Waals surface area contributed by atoms with Crippen LogP contribution in [-0.2, 0) is 5.41 Å². The van der Waals surface area contributed by atoms with Crippen molar-refractivity contribution in [3.05, 3.63) is 11.7 Å².